The summed E-state index contributed by atoms with van der Waals surface area (Å²) in [6, 6.07) is 5.48. The fourth-order valence-corrected chi connectivity index (χ4v) is 2.55. The Kier molecular flexibility index (Phi) is 3.55. The van der Waals surface area contributed by atoms with Crippen LogP contribution in [0.15, 0.2) is 22.7 Å². The number of carbonyl (C=O) groups is 1. The predicted molar refractivity (Wildman–Crippen MR) is 68.8 cm³/mol. The maximum absolute atomic E-state index is 11.9. The van der Waals surface area contributed by atoms with Crippen molar-refractivity contribution in [3.05, 3.63) is 33.3 Å². The van der Waals surface area contributed by atoms with Crippen molar-refractivity contribution in [3.8, 4) is 0 Å². The number of carbonyl (C=O) groups excluding carboxylic acids is 1. The minimum Gasteiger partial charge on any atom is -0.349 e. The second-order valence-corrected chi connectivity index (χ2v) is 5.61. The van der Waals surface area contributed by atoms with E-state index in [1.807, 2.05) is 0 Å². The molecule has 4 heteroatoms. The lowest BCUT2D eigenvalue weighted by Crippen LogP contribution is -2.33. The minimum atomic E-state index is -0.0531. The molecular formula is C12H13BrClNO. The van der Waals surface area contributed by atoms with Crippen molar-refractivity contribution in [1.29, 1.82) is 0 Å². The first-order valence-corrected chi connectivity index (χ1v) is 6.50. The third kappa shape index (κ3) is 2.98. The lowest BCUT2D eigenvalue weighted by Gasteiger charge is -2.13. The van der Waals surface area contributed by atoms with E-state index in [0.29, 0.717) is 16.5 Å². The van der Waals surface area contributed by atoms with Gasteiger partial charge in [-0.3, -0.25) is 4.79 Å². The van der Waals surface area contributed by atoms with Crippen molar-refractivity contribution >= 4 is 33.4 Å². The first kappa shape index (κ1) is 11.9. The largest absolute Gasteiger partial charge is 0.349 e. The Morgan fingerprint density at radius 2 is 2.19 bits per heavy atom. The van der Waals surface area contributed by atoms with Crippen molar-refractivity contribution < 1.29 is 4.79 Å². The lowest BCUT2D eigenvalue weighted by molar-refractivity contribution is 0.0936. The van der Waals surface area contributed by atoms with Gasteiger partial charge in [-0.25, -0.2) is 0 Å². The van der Waals surface area contributed by atoms with Crippen LogP contribution in [0.4, 0.5) is 0 Å². The van der Waals surface area contributed by atoms with Crippen LogP contribution in [0.3, 0.4) is 0 Å². The Labute approximate surface area is 108 Å². The monoisotopic (exact) mass is 301 g/mol. The van der Waals surface area contributed by atoms with E-state index >= 15 is 0 Å². The number of benzene rings is 1. The number of halogens is 2. The molecule has 0 aromatic heterocycles. The van der Waals surface area contributed by atoms with Crippen molar-refractivity contribution in [2.24, 2.45) is 5.92 Å². The highest BCUT2D eigenvalue weighted by Crippen LogP contribution is 2.32. The lowest BCUT2D eigenvalue weighted by atomic mass is 10.1. The zero-order chi connectivity index (χ0) is 11.7. The molecule has 0 heterocycles. The van der Waals surface area contributed by atoms with Crippen LogP contribution in [0.1, 0.15) is 30.1 Å². The highest BCUT2D eigenvalue weighted by molar-refractivity contribution is 9.10. The first-order chi connectivity index (χ1) is 7.56. The van der Waals surface area contributed by atoms with Gasteiger partial charge >= 0.3 is 0 Å². The zero-order valence-corrected chi connectivity index (χ0v) is 11.3. The molecule has 0 radical (unpaired) electrons. The summed E-state index contributed by atoms with van der Waals surface area (Å²) in [7, 11) is 0. The molecule has 1 saturated carbocycles. The summed E-state index contributed by atoms with van der Waals surface area (Å²) >= 11 is 9.22. The van der Waals surface area contributed by atoms with Crippen LogP contribution in [0, 0.1) is 5.92 Å². The Hall–Kier alpha value is -0.540. The van der Waals surface area contributed by atoms with Gasteiger partial charge in [0.1, 0.15) is 0 Å². The Bertz CT molecular complexity index is 397. The molecule has 1 amide bonds. The molecular weight excluding hydrogens is 289 g/mol. The van der Waals surface area contributed by atoms with E-state index in [0.717, 1.165) is 4.47 Å². The maximum atomic E-state index is 11.9. The van der Waals surface area contributed by atoms with Gasteiger partial charge in [0.05, 0.1) is 0 Å². The predicted octanol–water partition coefficient (Wildman–Crippen LogP) is 3.63. The number of hydrogen-bond donors (Lipinski definition) is 1. The molecule has 1 unspecified atom stereocenters. The average molecular weight is 303 g/mol. The van der Waals surface area contributed by atoms with Gasteiger partial charge in [0.15, 0.2) is 0 Å². The Morgan fingerprint density at radius 3 is 2.75 bits per heavy atom. The highest BCUT2D eigenvalue weighted by atomic mass is 79.9. The van der Waals surface area contributed by atoms with Gasteiger partial charge in [-0.2, -0.15) is 0 Å². The summed E-state index contributed by atoms with van der Waals surface area (Å²) in [5, 5.41) is 3.56. The van der Waals surface area contributed by atoms with Gasteiger partial charge in [-0.05, 0) is 43.9 Å². The normalized spacial score (nSPS) is 16.9. The molecule has 1 atom stereocenters. The third-order valence-electron chi connectivity index (χ3n) is 2.81. The molecule has 0 bridgehead atoms. The molecule has 2 nitrogen and oxygen atoms in total. The molecule has 0 aliphatic heterocycles. The third-order valence-corrected chi connectivity index (χ3v) is 3.49. The van der Waals surface area contributed by atoms with E-state index in [9.17, 15) is 4.79 Å². The highest BCUT2D eigenvalue weighted by Gasteiger charge is 2.29. The molecule has 1 N–H and O–H groups in total. The summed E-state index contributed by atoms with van der Waals surface area (Å²) < 4.78 is 0.823. The van der Waals surface area contributed by atoms with Crippen molar-refractivity contribution in [2.75, 3.05) is 0 Å². The Morgan fingerprint density at radius 1 is 1.50 bits per heavy atom. The molecule has 1 aromatic rings. The van der Waals surface area contributed by atoms with Crippen molar-refractivity contribution in [3.63, 3.8) is 0 Å². The summed E-state index contributed by atoms with van der Waals surface area (Å²) in [4.78, 5) is 11.9. The van der Waals surface area contributed by atoms with Crippen LogP contribution in [-0.4, -0.2) is 11.9 Å². The fourth-order valence-electron chi connectivity index (χ4n) is 1.69. The van der Waals surface area contributed by atoms with E-state index in [1.165, 1.54) is 12.8 Å². The fraction of sp³-hybridized carbons (Fsp3) is 0.417. The van der Waals surface area contributed by atoms with E-state index in [4.69, 9.17) is 11.6 Å². The Balaban J connectivity index is 2.07. The number of rotatable bonds is 3. The first-order valence-electron chi connectivity index (χ1n) is 5.33. The smallest absolute Gasteiger partial charge is 0.251 e. The van der Waals surface area contributed by atoms with Crippen molar-refractivity contribution in [1.82, 2.24) is 5.32 Å². The standard InChI is InChI=1S/C12H13BrClNO/c1-7(8-2-3-8)15-12(16)9-4-10(13)6-11(14)5-9/h4-8H,2-3H2,1H3,(H,15,16). The van der Waals surface area contributed by atoms with Gasteiger partial charge in [-0.1, -0.05) is 27.5 Å². The van der Waals surface area contributed by atoms with Gasteiger partial charge < -0.3 is 5.32 Å². The second kappa shape index (κ2) is 4.76. The van der Waals surface area contributed by atoms with Gasteiger partial charge in [0.25, 0.3) is 5.91 Å². The second-order valence-electron chi connectivity index (χ2n) is 4.26. The van der Waals surface area contributed by atoms with Crippen molar-refractivity contribution in [2.45, 2.75) is 25.8 Å². The molecule has 0 saturated heterocycles. The summed E-state index contributed by atoms with van der Waals surface area (Å²) in [6.07, 6.45) is 2.45. The van der Waals surface area contributed by atoms with E-state index in [1.54, 1.807) is 18.2 Å². The minimum absolute atomic E-state index is 0.0531. The van der Waals surface area contributed by atoms with Crippen LogP contribution >= 0.6 is 27.5 Å². The summed E-state index contributed by atoms with van der Waals surface area (Å²) in [5.41, 5.74) is 0.604. The average Bonchev–Trinajstić information content (AvgIpc) is 2.98. The molecule has 1 fully saturated rings. The summed E-state index contributed by atoms with van der Waals surface area (Å²) in [5.74, 6) is 0.606. The van der Waals surface area contributed by atoms with Gasteiger partial charge in [0, 0.05) is 21.1 Å². The van der Waals surface area contributed by atoms with E-state index in [-0.39, 0.29) is 11.9 Å². The van der Waals surface area contributed by atoms with Crippen LogP contribution in [-0.2, 0) is 0 Å². The van der Waals surface area contributed by atoms with Crippen LogP contribution in [0.5, 0.6) is 0 Å². The molecule has 86 valence electrons. The van der Waals surface area contributed by atoms with Crippen LogP contribution in [0.2, 0.25) is 5.02 Å². The van der Waals surface area contributed by atoms with Crippen LogP contribution < -0.4 is 5.32 Å². The maximum Gasteiger partial charge on any atom is 0.251 e. The number of nitrogens with one attached hydrogen (secondary N) is 1. The summed E-state index contributed by atoms with van der Waals surface area (Å²) in [6.45, 7) is 2.05. The van der Waals surface area contributed by atoms with E-state index < -0.39 is 0 Å². The molecule has 2 rings (SSSR count). The van der Waals surface area contributed by atoms with Gasteiger partial charge in [-0.15, -0.1) is 0 Å². The quantitative estimate of drug-likeness (QED) is 0.907. The number of hydrogen-bond acceptors (Lipinski definition) is 1. The molecule has 1 aliphatic rings. The van der Waals surface area contributed by atoms with Crippen LogP contribution in [0.25, 0.3) is 0 Å². The SMILES string of the molecule is CC(NC(=O)c1cc(Cl)cc(Br)c1)C1CC1. The van der Waals surface area contributed by atoms with Gasteiger partial charge in [0.2, 0.25) is 0 Å². The molecule has 1 aliphatic carbocycles. The molecule has 0 spiro atoms. The van der Waals surface area contributed by atoms with E-state index in [2.05, 4.69) is 28.2 Å². The zero-order valence-electron chi connectivity index (χ0n) is 8.97. The molecule has 1 aromatic carbocycles. The topological polar surface area (TPSA) is 29.1 Å². The number of amides is 1. The molecule has 16 heavy (non-hydrogen) atoms.